The van der Waals surface area contributed by atoms with Crippen molar-refractivity contribution in [3.05, 3.63) is 42.0 Å². The first-order chi connectivity index (χ1) is 6.70. The molecule has 0 aliphatic heterocycles. The van der Waals surface area contributed by atoms with E-state index in [-0.39, 0.29) is 0 Å². The van der Waals surface area contributed by atoms with Gasteiger partial charge in [-0.2, -0.15) is 0 Å². The Labute approximate surface area is 86.1 Å². The Morgan fingerprint density at radius 2 is 2.21 bits per heavy atom. The van der Waals surface area contributed by atoms with Crippen molar-refractivity contribution in [3.8, 4) is 5.75 Å². The Hall–Kier alpha value is -1.24. The van der Waals surface area contributed by atoms with E-state index in [9.17, 15) is 5.11 Å². The summed E-state index contributed by atoms with van der Waals surface area (Å²) in [7, 11) is 0. The Morgan fingerprint density at radius 1 is 1.50 bits per heavy atom. The molecule has 1 heteroatoms. The first-order valence-corrected chi connectivity index (χ1v) is 5.12. The zero-order valence-electron chi connectivity index (χ0n) is 8.96. The summed E-state index contributed by atoms with van der Waals surface area (Å²) in [6, 6.07) is 5.94. The molecule has 0 saturated carbocycles. The van der Waals surface area contributed by atoms with Gasteiger partial charge in [-0.15, -0.1) is 6.58 Å². The van der Waals surface area contributed by atoms with Crippen LogP contribution in [0.1, 0.15) is 37.3 Å². The van der Waals surface area contributed by atoms with Crippen molar-refractivity contribution in [2.45, 2.75) is 32.6 Å². The average Bonchev–Trinajstić information content (AvgIpc) is 2.20. The largest absolute Gasteiger partial charge is 0.507 e. The van der Waals surface area contributed by atoms with E-state index in [1.165, 1.54) is 0 Å². The van der Waals surface area contributed by atoms with Gasteiger partial charge in [-0.25, -0.2) is 0 Å². The number of rotatable bonds is 4. The summed E-state index contributed by atoms with van der Waals surface area (Å²) in [6.45, 7) is 7.94. The monoisotopic (exact) mass is 190 g/mol. The molecule has 0 radical (unpaired) electrons. The minimum atomic E-state index is 0.416. The van der Waals surface area contributed by atoms with Gasteiger partial charge < -0.3 is 5.11 Å². The number of benzene rings is 1. The van der Waals surface area contributed by atoms with Crippen LogP contribution in [0.3, 0.4) is 0 Å². The summed E-state index contributed by atoms with van der Waals surface area (Å²) in [5, 5.41) is 9.97. The van der Waals surface area contributed by atoms with Gasteiger partial charge in [0, 0.05) is 0 Å². The van der Waals surface area contributed by atoms with Gasteiger partial charge in [0.25, 0.3) is 0 Å². The Morgan fingerprint density at radius 3 is 2.79 bits per heavy atom. The van der Waals surface area contributed by atoms with E-state index in [0.29, 0.717) is 11.7 Å². The third-order valence-electron chi connectivity index (χ3n) is 2.66. The summed E-state index contributed by atoms with van der Waals surface area (Å²) in [4.78, 5) is 0. The molecular formula is C13H18O. The molecule has 0 spiro atoms. The minimum Gasteiger partial charge on any atom is -0.507 e. The maximum absolute atomic E-state index is 9.97. The first kappa shape index (κ1) is 10.8. The predicted octanol–water partition coefficient (Wildman–Crippen LogP) is 3.63. The van der Waals surface area contributed by atoms with Crippen molar-refractivity contribution < 1.29 is 5.11 Å². The molecule has 0 heterocycles. The van der Waals surface area contributed by atoms with Crippen LogP contribution in [0, 0.1) is 0 Å². The van der Waals surface area contributed by atoms with Crippen LogP contribution < -0.4 is 0 Å². The Kier molecular flexibility index (Phi) is 3.75. The lowest BCUT2D eigenvalue weighted by Crippen LogP contribution is -1.94. The molecule has 1 aromatic rings. The smallest absolute Gasteiger partial charge is 0.122 e. The molecule has 0 bridgehead atoms. The van der Waals surface area contributed by atoms with Crippen molar-refractivity contribution in [1.29, 1.82) is 0 Å². The number of phenols is 1. The van der Waals surface area contributed by atoms with Gasteiger partial charge in [0.05, 0.1) is 0 Å². The zero-order valence-corrected chi connectivity index (χ0v) is 8.96. The van der Waals surface area contributed by atoms with Crippen molar-refractivity contribution in [1.82, 2.24) is 0 Å². The van der Waals surface area contributed by atoms with Gasteiger partial charge >= 0.3 is 0 Å². The Balaban J connectivity index is 3.06. The maximum Gasteiger partial charge on any atom is 0.122 e. The quantitative estimate of drug-likeness (QED) is 0.719. The first-order valence-electron chi connectivity index (χ1n) is 5.12. The topological polar surface area (TPSA) is 20.2 Å². The fraction of sp³-hybridized carbons (Fsp3) is 0.385. The highest BCUT2D eigenvalue weighted by molar-refractivity contribution is 5.42. The van der Waals surface area contributed by atoms with Crippen molar-refractivity contribution in [2.75, 3.05) is 0 Å². The minimum absolute atomic E-state index is 0.416. The van der Waals surface area contributed by atoms with Gasteiger partial charge in [0.1, 0.15) is 5.75 Å². The molecule has 14 heavy (non-hydrogen) atoms. The highest BCUT2D eigenvalue weighted by Crippen LogP contribution is 2.30. The highest BCUT2D eigenvalue weighted by atomic mass is 16.3. The number of phenolic OH excluding ortho intramolecular Hbond substituents is 1. The summed E-state index contributed by atoms with van der Waals surface area (Å²) < 4.78 is 0. The number of para-hydroxylation sites is 1. The molecule has 0 aliphatic rings. The van der Waals surface area contributed by atoms with Crippen molar-refractivity contribution in [2.24, 2.45) is 0 Å². The molecule has 0 amide bonds. The van der Waals surface area contributed by atoms with Gasteiger partial charge in [-0.1, -0.05) is 38.1 Å². The molecule has 0 aromatic heterocycles. The molecule has 1 N–H and O–H groups in total. The molecular weight excluding hydrogens is 172 g/mol. The van der Waals surface area contributed by atoms with E-state index < -0.39 is 0 Å². The molecule has 0 unspecified atom stereocenters. The van der Waals surface area contributed by atoms with Crippen LogP contribution in [0.2, 0.25) is 0 Å². The van der Waals surface area contributed by atoms with E-state index in [1.54, 1.807) is 0 Å². The van der Waals surface area contributed by atoms with Gasteiger partial charge in [0.15, 0.2) is 0 Å². The number of hydrogen-bond donors (Lipinski definition) is 1. The summed E-state index contributed by atoms with van der Waals surface area (Å²) in [6.07, 6.45) is 3.59. The van der Waals surface area contributed by atoms with E-state index in [2.05, 4.69) is 20.4 Å². The molecule has 1 atom stereocenters. The van der Waals surface area contributed by atoms with E-state index >= 15 is 0 Å². The molecule has 0 aliphatic carbocycles. The molecule has 0 fully saturated rings. The summed E-state index contributed by atoms with van der Waals surface area (Å²) >= 11 is 0. The summed E-state index contributed by atoms with van der Waals surface area (Å²) in [5.41, 5.74) is 2.02. The fourth-order valence-electron chi connectivity index (χ4n) is 1.55. The highest BCUT2D eigenvalue weighted by Gasteiger charge is 2.10. The normalized spacial score (nSPS) is 12.4. The molecule has 1 rings (SSSR count). The van der Waals surface area contributed by atoms with Gasteiger partial charge in [0.2, 0.25) is 0 Å². The molecule has 76 valence electrons. The lowest BCUT2D eigenvalue weighted by Gasteiger charge is -2.13. The third-order valence-corrected chi connectivity index (χ3v) is 2.66. The number of aromatic hydroxyl groups is 1. The molecule has 1 aromatic carbocycles. The Bertz CT molecular complexity index is 315. The third kappa shape index (κ3) is 2.16. The zero-order chi connectivity index (χ0) is 10.6. The molecule has 0 saturated heterocycles. The standard InChI is InChI=1S/C13H18O/c1-4-7-11-8-6-9-12(13(11)14)10(3)5-2/h4,6,8-10,14H,1,5,7H2,2-3H3/t10-/m0/s1. The molecule has 1 nitrogen and oxygen atoms in total. The lowest BCUT2D eigenvalue weighted by atomic mass is 9.95. The predicted molar refractivity (Wildman–Crippen MR) is 60.7 cm³/mol. The van der Waals surface area contributed by atoms with Crippen molar-refractivity contribution in [3.63, 3.8) is 0 Å². The fourth-order valence-corrected chi connectivity index (χ4v) is 1.55. The van der Waals surface area contributed by atoms with Gasteiger partial charge in [-0.05, 0) is 29.9 Å². The van der Waals surface area contributed by atoms with Crippen LogP contribution in [0.4, 0.5) is 0 Å². The van der Waals surface area contributed by atoms with Crippen LogP contribution in [0.15, 0.2) is 30.9 Å². The van der Waals surface area contributed by atoms with E-state index in [4.69, 9.17) is 0 Å². The number of allylic oxidation sites excluding steroid dienone is 1. The van der Waals surface area contributed by atoms with Crippen LogP contribution in [0.5, 0.6) is 5.75 Å². The average molecular weight is 190 g/mol. The van der Waals surface area contributed by atoms with Gasteiger partial charge in [-0.3, -0.25) is 0 Å². The van der Waals surface area contributed by atoms with Crippen molar-refractivity contribution >= 4 is 0 Å². The summed E-state index contributed by atoms with van der Waals surface area (Å²) in [5.74, 6) is 0.863. The second-order valence-corrected chi connectivity index (χ2v) is 3.66. The second kappa shape index (κ2) is 4.85. The van der Waals surface area contributed by atoms with E-state index in [0.717, 1.165) is 24.0 Å². The van der Waals surface area contributed by atoms with Crippen LogP contribution >= 0.6 is 0 Å². The van der Waals surface area contributed by atoms with E-state index in [1.807, 2.05) is 24.3 Å². The second-order valence-electron chi connectivity index (χ2n) is 3.66. The lowest BCUT2D eigenvalue weighted by molar-refractivity contribution is 0.456. The van der Waals surface area contributed by atoms with Crippen LogP contribution in [-0.4, -0.2) is 5.11 Å². The van der Waals surface area contributed by atoms with Crippen LogP contribution in [0.25, 0.3) is 0 Å². The van der Waals surface area contributed by atoms with Crippen LogP contribution in [-0.2, 0) is 6.42 Å². The maximum atomic E-state index is 9.97. The number of hydrogen-bond acceptors (Lipinski definition) is 1. The SMILES string of the molecule is C=CCc1cccc([C@@H](C)CC)c1O.